The van der Waals surface area contributed by atoms with Crippen molar-refractivity contribution < 1.29 is 4.74 Å². The van der Waals surface area contributed by atoms with E-state index in [1.165, 1.54) is 0 Å². The largest absolute Gasteiger partial charge is 0.383 e. The van der Waals surface area contributed by atoms with Crippen LogP contribution in [0.15, 0.2) is 0 Å². The van der Waals surface area contributed by atoms with Crippen LogP contribution < -0.4 is 5.73 Å². The molecular formula is C12H28N2O. The van der Waals surface area contributed by atoms with Gasteiger partial charge in [-0.2, -0.15) is 0 Å². The van der Waals surface area contributed by atoms with Crippen molar-refractivity contribution in [3.05, 3.63) is 0 Å². The fourth-order valence-electron chi connectivity index (χ4n) is 1.58. The molecule has 0 heterocycles. The summed E-state index contributed by atoms with van der Waals surface area (Å²) >= 11 is 0. The van der Waals surface area contributed by atoms with Crippen LogP contribution in [0.25, 0.3) is 0 Å². The van der Waals surface area contributed by atoms with Crippen molar-refractivity contribution >= 4 is 0 Å². The number of hydrogen-bond donors (Lipinski definition) is 1. The molecule has 0 aromatic carbocycles. The molecule has 0 aromatic heterocycles. The van der Waals surface area contributed by atoms with Gasteiger partial charge in [-0.05, 0) is 25.3 Å². The maximum atomic E-state index is 5.92. The summed E-state index contributed by atoms with van der Waals surface area (Å²) in [5.74, 6) is 0.708. The summed E-state index contributed by atoms with van der Waals surface area (Å²) in [7, 11) is 1.76. The van der Waals surface area contributed by atoms with Crippen LogP contribution in [0.5, 0.6) is 0 Å². The molecule has 0 amide bonds. The second-order valence-corrected chi connectivity index (χ2v) is 4.64. The minimum absolute atomic E-state index is 0.349. The molecule has 92 valence electrons. The molecule has 0 rings (SSSR count). The van der Waals surface area contributed by atoms with Gasteiger partial charge >= 0.3 is 0 Å². The van der Waals surface area contributed by atoms with Crippen LogP contribution in [0, 0.1) is 5.92 Å². The molecule has 2 N–H and O–H groups in total. The Bertz CT molecular complexity index is 140. The first-order chi connectivity index (χ1) is 7.10. The van der Waals surface area contributed by atoms with Crippen molar-refractivity contribution in [2.75, 3.05) is 33.4 Å². The van der Waals surface area contributed by atoms with Gasteiger partial charge < -0.3 is 15.4 Å². The molecule has 15 heavy (non-hydrogen) atoms. The first-order valence-electron chi connectivity index (χ1n) is 6.07. The van der Waals surface area contributed by atoms with E-state index in [0.717, 1.165) is 39.1 Å². The number of hydrogen-bond acceptors (Lipinski definition) is 3. The Balaban J connectivity index is 3.78. The number of rotatable bonds is 9. The molecule has 0 aromatic rings. The maximum Gasteiger partial charge on any atom is 0.0589 e. The van der Waals surface area contributed by atoms with Crippen LogP contribution >= 0.6 is 0 Å². The third kappa shape index (κ3) is 8.85. The average molecular weight is 216 g/mol. The van der Waals surface area contributed by atoms with Crippen LogP contribution in [0.4, 0.5) is 0 Å². The van der Waals surface area contributed by atoms with E-state index in [4.69, 9.17) is 10.5 Å². The second kappa shape index (κ2) is 9.13. The van der Waals surface area contributed by atoms with Gasteiger partial charge in [0, 0.05) is 26.2 Å². The normalized spacial score (nSPS) is 13.8. The highest BCUT2D eigenvalue weighted by atomic mass is 16.5. The molecule has 0 aliphatic carbocycles. The van der Waals surface area contributed by atoms with Gasteiger partial charge in [0.2, 0.25) is 0 Å². The summed E-state index contributed by atoms with van der Waals surface area (Å²) in [6.07, 6.45) is 2.16. The van der Waals surface area contributed by atoms with Gasteiger partial charge in [-0.25, -0.2) is 0 Å². The molecule has 0 aliphatic rings. The monoisotopic (exact) mass is 216 g/mol. The average Bonchev–Trinajstić information content (AvgIpc) is 2.20. The van der Waals surface area contributed by atoms with Crippen molar-refractivity contribution in [1.29, 1.82) is 0 Å². The molecule has 1 unspecified atom stereocenters. The molecule has 0 saturated carbocycles. The first-order valence-corrected chi connectivity index (χ1v) is 6.07. The van der Waals surface area contributed by atoms with Gasteiger partial charge in [-0.15, -0.1) is 0 Å². The lowest BCUT2D eigenvalue weighted by Crippen LogP contribution is -2.35. The van der Waals surface area contributed by atoms with Crippen molar-refractivity contribution in [2.24, 2.45) is 11.7 Å². The third-order valence-corrected chi connectivity index (χ3v) is 2.58. The lowest BCUT2D eigenvalue weighted by Gasteiger charge is -2.25. The Hall–Kier alpha value is -0.120. The van der Waals surface area contributed by atoms with Crippen molar-refractivity contribution in [2.45, 2.75) is 39.7 Å². The predicted octanol–water partition coefficient (Wildman–Crippen LogP) is 1.72. The van der Waals surface area contributed by atoms with E-state index in [1.807, 2.05) is 0 Å². The van der Waals surface area contributed by atoms with Gasteiger partial charge in [-0.1, -0.05) is 20.8 Å². The molecule has 0 bridgehead atoms. The van der Waals surface area contributed by atoms with Crippen molar-refractivity contribution in [3.63, 3.8) is 0 Å². The van der Waals surface area contributed by atoms with Gasteiger partial charge in [0.25, 0.3) is 0 Å². The number of methoxy groups -OCH3 is 1. The van der Waals surface area contributed by atoms with Crippen LogP contribution in [0.3, 0.4) is 0 Å². The fraction of sp³-hybridized carbons (Fsp3) is 1.00. The molecule has 0 saturated heterocycles. The summed E-state index contributed by atoms with van der Waals surface area (Å²) in [5.41, 5.74) is 5.92. The quantitative estimate of drug-likeness (QED) is 0.638. The lowest BCUT2D eigenvalue weighted by molar-refractivity contribution is 0.137. The zero-order valence-electron chi connectivity index (χ0n) is 10.8. The molecule has 3 heteroatoms. The highest BCUT2D eigenvalue weighted by molar-refractivity contribution is 4.65. The summed E-state index contributed by atoms with van der Waals surface area (Å²) in [6.45, 7) is 10.7. The number of ether oxygens (including phenoxy) is 1. The fourth-order valence-corrected chi connectivity index (χ4v) is 1.58. The third-order valence-electron chi connectivity index (χ3n) is 2.58. The Morgan fingerprint density at radius 3 is 2.40 bits per heavy atom. The van der Waals surface area contributed by atoms with E-state index in [-0.39, 0.29) is 0 Å². The van der Waals surface area contributed by atoms with E-state index < -0.39 is 0 Å². The van der Waals surface area contributed by atoms with E-state index >= 15 is 0 Å². The molecule has 0 fully saturated rings. The topological polar surface area (TPSA) is 38.5 Å². The van der Waals surface area contributed by atoms with Crippen LogP contribution in [-0.4, -0.2) is 44.3 Å². The Labute approximate surface area is 95.0 Å². The number of nitrogens with zero attached hydrogens (tertiary/aromatic N) is 1. The van der Waals surface area contributed by atoms with Crippen LogP contribution in [-0.2, 0) is 4.74 Å². The van der Waals surface area contributed by atoms with E-state index in [2.05, 4.69) is 25.7 Å². The number of nitrogens with two attached hydrogens (primary N) is 1. The van der Waals surface area contributed by atoms with Crippen molar-refractivity contribution in [1.82, 2.24) is 4.90 Å². The zero-order chi connectivity index (χ0) is 11.7. The first kappa shape index (κ1) is 14.9. The van der Waals surface area contributed by atoms with E-state index in [1.54, 1.807) is 7.11 Å². The highest BCUT2D eigenvalue weighted by Gasteiger charge is 2.08. The predicted molar refractivity (Wildman–Crippen MR) is 66.0 cm³/mol. The summed E-state index contributed by atoms with van der Waals surface area (Å²) in [5, 5.41) is 0. The molecule has 0 radical (unpaired) electrons. The summed E-state index contributed by atoms with van der Waals surface area (Å²) in [4.78, 5) is 2.45. The molecule has 1 atom stereocenters. The van der Waals surface area contributed by atoms with Gasteiger partial charge in [-0.3, -0.25) is 0 Å². The minimum atomic E-state index is 0.349. The Morgan fingerprint density at radius 2 is 1.93 bits per heavy atom. The zero-order valence-corrected chi connectivity index (χ0v) is 10.8. The van der Waals surface area contributed by atoms with Crippen molar-refractivity contribution in [3.8, 4) is 0 Å². The lowest BCUT2D eigenvalue weighted by atomic mass is 10.1. The maximum absolute atomic E-state index is 5.92. The van der Waals surface area contributed by atoms with Crippen LogP contribution in [0.1, 0.15) is 33.6 Å². The highest BCUT2D eigenvalue weighted by Crippen LogP contribution is 2.02. The summed E-state index contributed by atoms with van der Waals surface area (Å²) in [6, 6.07) is 0.349. The molecule has 3 nitrogen and oxygen atoms in total. The summed E-state index contributed by atoms with van der Waals surface area (Å²) < 4.78 is 5.11. The standard InChI is InChI=1S/C12H28N2O/c1-5-12(13)6-7-14(8-9-15-4)10-11(2)3/h11-12H,5-10,13H2,1-4H3. The Kier molecular flexibility index (Phi) is 9.06. The minimum Gasteiger partial charge on any atom is -0.383 e. The van der Waals surface area contributed by atoms with Crippen LogP contribution in [0.2, 0.25) is 0 Å². The van der Waals surface area contributed by atoms with E-state index in [0.29, 0.717) is 12.0 Å². The smallest absolute Gasteiger partial charge is 0.0589 e. The molecule has 0 spiro atoms. The van der Waals surface area contributed by atoms with E-state index in [9.17, 15) is 0 Å². The van der Waals surface area contributed by atoms with Gasteiger partial charge in [0.05, 0.1) is 6.61 Å². The second-order valence-electron chi connectivity index (χ2n) is 4.64. The SMILES string of the molecule is CCC(N)CCN(CCOC)CC(C)C. The van der Waals surface area contributed by atoms with Gasteiger partial charge in [0.1, 0.15) is 0 Å². The van der Waals surface area contributed by atoms with Gasteiger partial charge in [0.15, 0.2) is 0 Å². The molecule has 0 aliphatic heterocycles. The Morgan fingerprint density at radius 1 is 1.27 bits per heavy atom. The molecular weight excluding hydrogens is 188 g/mol.